The highest BCUT2D eigenvalue weighted by atomic mass is 19.4. The predicted molar refractivity (Wildman–Crippen MR) is 77.3 cm³/mol. The van der Waals surface area contributed by atoms with Crippen LogP contribution < -0.4 is 5.32 Å². The number of aliphatic hydroxyl groups is 1. The van der Waals surface area contributed by atoms with Gasteiger partial charge in [-0.3, -0.25) is 0 Å². The van der Waals surface area contributed by atoms with E-state index in [-0.39, 0.29) is 24.2 Å². The molecule has 1 fully saturated rings. The highest BCUT2D eigenvalue weighted by molar-refractivity contribution is 5.89. The van der Waals surface area contributed by atoms with Crippen LogP contribution in [0.1, 0.15) is 28.4 Å². The third-order valence-corrected chi connectivity index (χ3v) is 3.71. The second-order valence-corrected chi connectivity index (χ2v) is 5.43. The van der Waals surface area contributed by atoms with Crippen molar-refractivity contribution in [2.75, 3.05) is 20.2 Å². The zero-order valence-electron chi connectivity index (χ0n) is 12.8. The Morgan fingerprint density at radius 3 is 2.42 bits per heavy atom. The fourth-order valence-electron chi connectivity index (χ4n) is 2.42. The van der Waals surface area contributed by atoms with E-state index in [1.54, 1.807) is 0 Å². The summed E-state index contributed by atoms with van der Waals surface area (Å²) in [7, 11) is 1.17. The van der Waals surface area contributed by atoms with Gasteiger partial charge in [0.05, 0.1) is 18.8 Å². The minimum Gasteiger partial charge on any atom is -0.465 e. The Morgan fingerprint density at radius 1 is 1.33 bits per heavy atom. The van der Waals surface area contributed by atoms with Crippen LogP contribution in [0.5, 0.6) is 0 Å². The average Bonchev–Trinajstić information content (AvgIpc) is 2.97. The molecule has 2 atom stereocenters. The maximum atomic E-state index is 13.3. The van der Waals surface area contributed by atoms with Crippen molar-refractivity contribution in [3.05, 3.63) is 35.4 Å². The summed E-state index contributed by atoms with van der Waals surface area (Å²) in [6.07, 6.45) is -5.10. The molecule has 2 N–H and O–H groups in total. The first-order valence-corrected chi connectivity index (χ1v) is 7.21. The van der Waals surface area contributed by atoms with Crippen molar-refractivity contribution in [2.45, 2.75) is 24.7 Å². The summed E-state index contributed by atoms with van der Waals surface area (Å²) in [4.78, 5) is 24.4. The van der Waals surface area contributed by atoms with Gasteiger partial charge in [0, 0.05) is 13.1 Å². The highest BCUT2D eigenvalue weighted by Gasteiger charge is 2.43. The number of urea groups is 1. The number of esters is 1. The van der Waals surface area contributed by atoms with E-state index < -0.39 is 30.3 Å². The van der Waals surface area contributed by atoms with Gasteiger partial charge in [-0.15, -0.1) is 0 Å². The van der Waals surface area contributed by atoms with E-state index in [9.17, 15) is 27.9 Å². The molecule has 0 radical (unpaired) electrons. The number of rotatable bonds is 3. The molecule has 1 aromatic rings. The van der Waals surface area contributed by atoms with Crippen LogP contribution in [0.3, 0.4) is 0 Å². The lowest BCUT2D eigenvalue weighted by Crippen LogP contribution is -2.45. The van der Waals surface area contributed by atoms with E-state index in [1.165, 1.54) is 19.2 Å². The fraction of sp³-hybridized carbons (Fsp3) is 0.467. The molecular weight excluding hydrogens is 329 g/mol. The molecule has 6 nitrogen and oxygen atoms in total. The van der Waals surface area contributed by atoms with E-state index >= 15 is 0 Å². The molecule has 2 amide bonds. The zero-order chi connectivity index (χ0) is 17.9. The predicted octanol–water partition coefficient (Wildman–Crippen LogP) is 1.85. The Kier molecular flexibility index (Phi) is 5.33. The van der Waals surface area contributed by atoms with Crippen LogP contribution in [-0.4, -0.2) is 54.5 Å². The smallest absolute Gasteiger partial charge is 0.412 e. The summed E-state index contributed by atoms with van der Waals surface area (Å²) in [5.41, 5.74) is -0.0978. The number of carbonyl (C=O) groups is 2. The minimum atomic E-state index is -4.71. The number of nitrogens with zero attached hydrogens (tertiary/aromatic N) is 1. The van der Waals surface area contributed by atoms with E-state index in [0.29, 0.717) is 6.42 Å². The zero-order valence-corrected chi connectivity index (χ0v) is 12.8. The van der Waals surface area contributed by atoms with Crippen molar-refractivity contribution in [2.24, 2.45) is 0 Å². The number of aliphatic hydroxyl groups excluding tert-OH is 1. The summed E-state index contributed by atoms with van der Waals surface area (Å²) < 4.78 is 44.3. The Bertz CT molecular complexity index is 604. The van der Waals surface area contributed by atoms with Crippen LogP contribution in [0.4, 0.5) is 18.0 Å². The first kappa shape index (κ1) is 18.1. The molecular formula is C15H17F3N2O4. The lowest BCUT2D eigenvalue weighted by Gasteiger charge is -2.25. The van der Waals surface area contributed by atoms with Crippen LogP contribution in [0, 0.1) is 0 Å². The number of alkyl halides is 3. The number of ether oxygens (including phenoxy) is 1. The molecule has 1 heterocycles. The molecule has 0 unspecified atom stereocenters. The van der Waals surface area contributed by atoms with Gasteiger partial charge in [-0.05, 0) is 24.1 Å². The molecule has 0 spiro atoms. The number of β-amino-alcohol motifs (C(OH)–C–C–N with tert-alkyl or cyclic N) is 1. The molecule has 1 saturated heterocycles. The fourth-order valence-corrected chi connectivity index (χ4v) is 2.42. The SMILES string of the molecule is COC(=O)c1ccc([C@H](NC(=O)N2CC[C@H](O)C2)C(F)(F)F)cc1. The van der Waals surface area contributed by atoms with Crippen molar-refractivity contribution < 1.29 is 32.6 Å². The van der Waals surface area contributed by atoms with Crippen molar-refractivity contribution in [3.63, 3.8) is 0 Å². The average molecular weight is 346 g/mol. The quantitative estimate of drug-likeness (QED) is 0.819. The number of hydrogen-bond donors (Lipinski definition) is 2. The van der Waals surface area contributed by atoms with E-state index in [2.05, 4.69) is 4.74 Å². The third kappa shape index (κ3) is 4.16. The van der Waals surface area contributed by atoms with Crippen LogP contribution >= 0.6 is 0 Å². The van der Waals surface area contributed by atoms with Crippen molar-refractivity contribution in [3.8, 4) is 0 Å². The third-order valence-electron chi connectivity index (χ3n) is 3.71. The second kappa shape index (κ2) is 7.08. The van der Waals surface area contributed by atoms with Gasteiger partial charge in [-0.25, -0.2) is 9.59 Å². The minimum absolute atomic E-state index is 0.00229. The highest BCUT2D eigenvalue weighted by Crippen LogP contribution is 2.33. The summed E-state index contributed by atoms with van der Waals surface area (Å²) in [6.45, 7) is 0.191. The monoisotopic (exact) mass is 346 g/mol. The molecule has 2 rings (SSSR count). The number of methoxy groups -OCH3 is 1. The van der Waals surface area contributed by atoms with Gasteiger partial charge >= 0.3 is 18.2 Å². The topological polar surface area (TPSA) is 78.9 Å². The molecule has 132 valence electrons. The first-order valence-electron chi connectivity index (χ1n) is 7.21. The van der Waals surface area contributed by atoms with Crippen LogP contribution in [0.25, 0.3) is 0 Å². The molecule has 1 aromatic carbocycles. The first-order chi connectivity index (χ1) is 11.2. The number of benzene rings is 1. The van der Waals surface area contributed by atoms with Gasteiger partial charge in [0.15, 0.2) is 6.04 Å². The Balaban J connectivity index is 2.16. The van der Waals surface area contributed by atoms with Crippen LogP contribution in [0.2, 0.25) is 0 Å². The molecule has 1 aliphatic rings. The molecule has 9 heteroatoms. The van der Waals surface area contributed by atoms with E-state index in [1.807, 2.05) is 5.32 Å². The van der Waals surface area contributed by atoms with Crippen LogP contribution in [-0.2, 0) is 4.74 Å². The lowest BCUT2D eigenvalue weighted by atomic mass is 10.0. The molecule has 0 aromatic heterocycles. The number of nitrogens with one attached hydrogen (secondary N) is 1. The summed E-state index contributed by atoms with van der Waals surface area (Å²) in [5.74, 6) is -0.666. The number of likely N-dealkylation sites (tertiary alicyclic amines) is 1. The maximum Gasteiger partial charge on any atom is 0.412 e. The summed E-state index contributed by atoms with van der Waals surface area (Å²) in [5, 5.41) is 11.3. The van der Waals surface area contributed by atoms with Gasteiger partial charge in [0.2, 0.25) is 0 Å². The van der Waals surface area contributed by atoms with Gasteiger partial charge in [-0.1, -0.05) is 12.1 Å². The Hall–Kier alpha value is -2.29. The number of halogens is 3. The Labute approximate surface area is 136 Å². The van der Waals surface area contributed by atoms with Gasteiger partial charge < -0.3 is 20.1 Å². The van der Waals surface area contributed by atoms with Crippen LogP contribution in [0.15, 0.2) is 24.3 Å². The van der Waals surface area contributed by atoms with Gasteiger partial charge in [-0.2, -0.15) is 13.2 Å². The lowest BCUT2D eigenvalue weighted by molar-refractivity contribution is -0.155. The molecule has 1 aliphatic heterocycles. The number of amides is 2. The molecule has 0 bridgehead atoms. The molecule has 24 heavy (non-hydrogen) atoms. The standard InChI is InChI=1S/C15H17F3N2O4/c1-24-13(22)10-4-2-9(3-5-10)12(15(16,17)18)19-14(23)20-7-6-11(21)8-20/h2-5,11-12,21H,6-8H2,1H3,(H,19,23)/t11-,12-/m0/s1. The summed E-state index contributed by atoms with van der Waals surface area (Å²) >= 11 is 0. The van der Waals surface area contributed by atoms with Crippen molar-refractivity contribution in [1.82, 2.24) is 10.2 Å². The van der Waals surface area contributed by atoms with Gasteiger partial charge in [0.25, 0.3) is 0 Å². The van der Waals surface area contributed by atoms with Gasteiger partial charge in [0.1, 0.15) is 0 Å². The largest absolute Gasteiger partial charge is 0.465 e. The number of hydrogen-bond acceptors (Lipinski definition) is 4. The second-order valence-electron chi connectivity index (χ2n) is 5.43. The maximum absolute atomic E-state index is 13.3. The number of carbonyl (C=O) groups excluding carboxylic acids is 2. The van der Waals surface area contributed by atoms with E-state index in [0.717, 1.165) is 17.0 Å². The normalized spacial score (nSPS) is 19.0. The van der Waals surface area contributed by atoms with Crippen molar-refractivity contribution >= 4 is 12.0 Å². The summed E-state index contributed by atoms with van der Waals surface area (Å²) in [6, 6.07) is 1.52. The molecule has 0 saturated carbocycles. The van der Waals surface area contributed by atoms with E-state index in [4.69, 9.17) is 0 Å². The van der Waals surface area contributed by atoms with Crippen molar-refractivity contribution in [1.29, 1.82) is 0 Å². The Morgan fingerprint density at radius 2 is 1.96 bits per heavy atom. The molecule has 0 aliphatic carbocycles.